The van der Waals surface area contributed by atoms with E-state index in [0.29, 0.717) is 5.69 Å². The summed E-state index contributed by atoms with van der Waals surface area (Å²) in [7, 11) is 0. The molecule has 0 aliphatic rings. The summed E-state index contributed by atoms with van der Waals surface area (Å²) in [5, 5.41) is 0. The fourth-order valence-electron chi connectivity index (χ4n) is 1.20. The van der Waals surface area contributed by atoms with Crippen LogP contribution in [0.4, 0.5) is 0 Å². The second-order valence-corrected chi connectivity index (χ2v) is 6.59. The molecule has 0 spiro atoms. The SMILES string of the molecule is C.C.Cc1cc(Br)cnc1C=O.Cc1cc(Br)cnc1I. The molecule has 21 heavy (non-hydrogen) atoms. The van der Waals surface area contributed by atoms with Crippen molar-refractivity contribution in [3.63, 3.8) is 0 Å². The standard InChI is InChI=1S/C7H6BrNO.C6H5BrIN.2CH4/c1-5-2-6(8)3-9-7(5)4-10;1-4-2-5(7)3-9-6(4)8;;/h2-4H,1H3;2-3H,1H3;2*1H4. The molecule has 0 aliphatic heterocycles. The van der Waals surface area contributed by atoms with Gasteiger partial charge in [0.2, 0.25) is 0 Å². The summed E-state index contributed by atoms with van der Waals surface area (Å²) in [6, 6.07) is 3.91. The van der Waals surface area contributed by atoms with Gasteiger partial charge >= 0.3 is 0 Å². The summed E-state index contributed by atoms with van der Waals surface area (Å²) < 4.78 is 3.01. The molecule has 116 valence electrons. The van der Waals surface area contributed by atoms with Crippen molar-refractivity contribution < 1.29 is 4.79 Å². The van der Waals surface area contributed by atoms with Gasteiger partial charge < -0.3 is 0 Å². The number of pyridine rings is 2. The van der Waals surface area contributed by atoms with Crippen LogP contribution in [-0.4, -0.2) is 16.3 Å². The molecular formula is C15H19Br2IN2O. The van der Waals surface area contributed by atoms with Crippen LogP contribution in [0.3, 0.4) is 0 Å². The Morgan fingerprint density at radius 1 is 1.00 bits per heavy atom. The minimum absolute atomic E-state index is 0. The topological polar surface area (TPSA) is 42.9 Å². The lowest BCUT2D eigenvalue weighted by molar-refractivity contribution is 0.111. The van der Waals surface area contributed by atoms with E-state index < -0.39 is 0 Å². The number of aryl methyl sites for hydroxylation is 2. The van der Waals surface area contributed by atoms with Crippen molar-refractivity contribution in [3.8, 4) is 0 Å². The van der Waals surface area contributed by atoms with E-state index in [9.17, 15) is 4.79 Å². The average molecular weight is 530 g/mol. The third kappa shape index (κ3) is 8.01. The molecule has 6 heteroatoms. The Morgan fingerprint density at radius 3 is 1.86 bits per heavy atom. The van der Waals surface area contributed by atoms with Crippen LogP contribution >= 0.6 is 54.5 Å². The summed E-state index contributed by atoms with van der Waals surface area (Å²) >= 11 is 8.79. The number of hydrogen-bond donors (Lipinski definition) is 0. The Balaban J connectivity index is 0. The van der Waals surface area contributed by atoms with Crippen molar-refractivity contribution >= 4 is 60.7 Å². The second-order valence-electron chi connectivity index (χ2n) is 3.73. The van der Waals surface area contributed by atoms with Crippen molar-refractivity contribution in [2.24, 2.45) is 0 Å². The zero-order valence-electron chi connectivity index (χ0n) is 10.3. The maximum Gasteiger partial charge on any atom is 0.168 e. The summed E-state index contributed by atoms with van der Waals surface area (Å²) in [6.45, 7) is 3.89. The minimum atomic E-state index is 0. The minimum Gasteiger partial charge on any atom is -0.296 e. The Labute approximate surface area is 157 Å². The maximum atomic E-state index is 10.3. The molecule has 0 radical (unpaired) electrons. The molecule has 0 amide bonds. The van der Waals surface area contributed by atoms with Crippen molar-refractivity contribution in [3.05, 3.63) is 54.0 Å². The monoisotopic (exact) mass is 528 g/mol. The Morgan fingerprint density at radius 2 is 1.48 bits per heavy atom. The lowest BCUT2D eigenvalue weighted by Crippen LogP contribution is -1.89. The molecule has 0 N–H and O–H groups in total. The number of rotatable bonds is 1. The van der Waals surface area contributed by atoms with Gasteiger partial charge in [-0.3, -0.25) is 9.78 Å². The first-order chi connectivity index (χ1) is 8.93. The number of aldehydes is 1. The van der Waals surface area contributed by atoms with Gasteiger partial charge in [-0.25, -0.2) is 4.98 Å². The third-order valence-electron chi connectivity index (χ3n) is 2.18. The fourth-order valence-corrected chi connectivity index (χ4v) is 2.38. The Kier molecular flexibility index (Phi) is 12.3. The van der Waals surface area contributed by atoms with Crippen molar-refractivity contribution in [1.29, 1.82) is 0 Å². The van der Waals surface area contributed by atoms with Crippen molar-refractivity contribution in [1.82, 2.24) is 9.97 Å². The molecule has 0 saturated carbocycles. The summed E-state index contributed by atoms with van der Waals surface area (Å²) in [5.41, 5.74) is 2.61. The highest BCUT2D eigenvalue weighted by molar-refractivity contribution is 14.1. The lowest BCUT2D eigenvalue weighted by atomic mass is 10.2. The molecule has 0 bridgehead atoms. The van der Waals surface area contributed by atoms with Crippen LogP contribution in [0.1, 0.15) is 36.5 Å². The van der Waals surface area contributed by atoms with Gasteiger partial charge in [0, 0.05) is 21.3 Å². The van der Waals surface area contributed by atoms with Crippen molar-refractivity contribution in [2.45, 2.75) is 28.7 Å². The van der Waals surface area contributed by atoms with E-state index in [1.54, 1.807) is 12.4 Å². The predicted octanol–water partition coefficient (Wildman–Crippen LogP) is 5.99. The summed E-state index contributed by atoms with van der Waals surface area (Å²) in [5.74, 6) is 0. The number of nitrogens with zero attached hydrogens (tertiary/aromatic N) is 2. The lowest BCUT2D eigenvalue weighted by Gasteiger charge is -1.95. The zero-order valence-corrected chi connectivity index (χ0v) is 15.7. The van der Waals surface area contributed by atoms with Gasteiger partial charge in [0.05, 0.1) is 0 Å². The average Bonchev–Trinajstić information content (AvgIpc) is 2.35. The normalized spacial score (nSPS) is 8.62. The van der Waals surface area contributed by atoms with Gasteiger partial charge in [-0.15, -0.1) is 0 Å². The fraction of sp³-hybridized carbons (Fsp3) is 0.267. The van der Waals surface area contributed by atoms with Crippen LogP contribution in [0.15, 0.2) is 33.5 Å². The smallest absolute Gasteiger partial charge is 0.168 e. The van der Waals surface area contributed by atoms with Gasteiger partial charge in [0.15, 0.2) is 6.29 Å². The zero-order chi connectivity index (χ0) is 14.4. The van der Waals surface area contributed by atoms with Gasteiger partial charge in [-0.2, -0.15) is 0 Å². The first kappa shape index (κ1) is 22.9. The van der Waals surface area contributed by atoms with Gasteiger partial charge in [0.25, 0.3) is 0 Å². The largest absolute Gasteiger partial charge is 0.296 e. The highest BCUT2D eigenvalue weighted by atomic mass is 127. The van der Waals surface area contributed by atoms with Crippen LogP contribution < -0.4 is 0 Å². The second kappa shape index (κ2) is 11.3. The van der Waals surface area contributed by atoms with E-state index in [4.69, 9.17) is 0 Å². The highest BCUT2D eigenvalue weighted by Crippen LogP contribution is 2.13. The van der Waals surface area contributed by atoms with E-state index in [-0.39, 0.29) is 14.9 Å². The van der Waals surface area contributed by atoms with Crippen molar-refractivity contribution in [2.75, 3.05) is 0 Å². The molecule has 0 aliphatic carbocycles. The molecule has 2 aromatic rings. The number of aromatic nitrogens is 2. The number of halogens is 3. The quantitative estimate of drug-likeness (QED) is 0.259. The summed E-state index contributed by atoms with van der Waals surface area (Å²) in [6.07, 6.45) is 4.16. The highest BCUT2D eigenvalue weighted by Gasteiger charge is 1.96. The molecular weight excluding hydrogens is 511 g/mol. The van der Waals surface area contributed by atoms with Gasteiger partial charge in [0.1, 0.15) is 9.39 Å². The molecule has 2 rings (SSSR count). The van der Waals surface area contributed by atoms with E-state index in [1.807, 2.05) is 19.9 Å². The number of carbonyl (C=O) groups is 1. The van der Waals surface area contributed by atoms with Gasteiger partial charge in [-0.05, 0) is 91.6 Å². The van der Waals surface area contributed by atoms with Crippen LogP contribution in [0.5, 0.6) is 0 Å². The first-order valence-corrected chi connectivity index (χ1v) is 7.95. The van der Waals surface area contributed by atoms with Crippen LogP contribution in [-0.2, 0) is 0 Å². The van der Waals surface area contributed by atoms with Crippen LogP contribution in [0, 0.1) is 17.5 Å². The molecule has 0 atom stereocenters. The molecule has 0 saturated heterocycles. The Hall–Kier alpha value is -0.340. The van der Waals surface area contributed by atoms with E-state index in [1.165, 1.54) is 5.56 Å². The maximum absolute atomic E-state index is 10.3. The van der Waals surface area contributed by atoms with E-state index in [2.05, 4.69) is 70.5 Å². The van der Waals surface area contributed by atoms with E-state index >= 15 is 0 Å². The Bertz CT molecular complexity index is 592. The number of carbonyl (C=O) groups excluding carboxylic acids is 1. The van der Waals surface area contributed by atoms with E-state index in [0.717, 1.165) is 24.5 Å². The third-order valence-corrected chi connectivity index (χ3v) is 4.17. The molecule has 3 nitrogen and oxygen atoms in total. The molecule has 2 heterocycles. The molecule has 0 fully saturated rings. The first-order valence-electron chi connectivity index (χ1n) is 5.29. The predicted molar refractivity (Wildman–Crippen MR) is 105 cm³/mol. The van der Waals surface area contributed by atoms with Crippen LogP contribution in [0.2, 0.25) is 0 Å². The molecule has 0 unspecified atom stereocenters. The summed E-state index contributed by atoms with van der Waals surface area (Å²) in [4.78, 5) is 18.3. The molecule has 2 aromatic heterocycles. The molecule has 0 aromatic carbocycles. The number of hydrogen-bond acceptors (Lipinski definition) is 3. The van der Waals surface area contributed by atoms with Gasteiger partial charge in [-0.1, -0.05) is 14.9 Å². The van der Waals surface area contributed by atoms with Crippen LogP contribution in [0.25, 0.3) is 0 Å².